The minimum absolute atomic E-state index is 0.308. The van der Waals surface area contributed by atoms with Crippen molar-refractivity contribution in [1.82, 2.24) is 15.1 Å². The third kappa shape index (κ3) is 2.15. The number of aromatic nitrogens is 2. The molecule has 6 nitrogen and oxygen atoms in total. The summed E-state index contributed by atoms with van der Waals surface area (Å²) in [6.45, 7) is 0. The number of benzene rings is 1. The third-order valence-corrected chi connectivity index (χ3v) is 2.35. The Morgan fingerprint density at radius 3 is 2.72 bits per heavy atom. The van der Waals surface area contributed by atoms with Crippen LogP contribution in [-0.2, 0) is 0 Å². The molecule has 0 unspecified atom stereocenters. The summed E-state index contributed by atoms with van der Waals surface area (Å²) in [5.41, 5.74) is 1.08. The van der Waals surface area contributed by atoms with E-state index in [4.69, 9.17) is 5.26 Å². The highest BCUT2D eigenvalue weighted by Gasteiger charge is 2.13. The molecular formula is C12H11N5O. The molecule has 6 heteroatoms. The van der Waals surface area contributed by atoms with Gasteiger partial charge >= 0.3 is 6.03 Å². The lowest BCUT2D eigenvalue weighted by molar-refractivity contribution is 0.254. The first kappa shape index (κ1) is 11.7. The van der Waals surface area contributed by atoms with Gasteiger partial charge < -0.3 is 5.32 Å². The molecule has 0 bridgehead atoms. The average Bonchev–Trinajstić information content (AvgIpc) is 2.82. The largest absolute Gasteiger partial charge is 0.341 e. The molecule has 2 N–H and O–H groups in total. The van der Waals surface area contributed by atoms with Crippen molar-refractivity contribution >= 4 is 11.8 Å². The van der Waals surface area contributed by atoms with Crippen LogP contribution in [0.1, 0.15) is 5.56 Å². The molecule has 2 aromatic rings. The van der Waals surface area contributed by atoms with E-state index >= 15 is 0 Å². The number of anilines is 1. The number of rotatable bonds is 2. The lowest BCUT2D eigenvalue weighted by Gasteiger charge is -2.08. The predicted molar refractivity (Wildman–Crippen MR) is 66.4 cm³/mol. The maximum atomic E-state index is 11.4. The Hall–Kier alpha value is -2.81. The summed E-state index contributed by atoms with van der Waals surface area (Å²) in [7, 11) is 1.50. The minimum atomic E-state index is -0.399. The standard InChI is InChI=1S/C12H11N5O/c1-14-12(18)16-11-9(7-13)8-15-17(11)10-5-3-2-4-6-10/h2-6,8H,1H3,(H2,14,16,18). The van der Waals surface area contributed by atoms with Gasteiger partial charge in [-0.1, -0.05) is 18.2 Å². The summed E-state index contributed by atoms with van der Waals surface area (Å²) in [5, 5.41) is 18.1. The van der Waals surface area contributed by atoms with Crippen LogP contribution in [-0.4, -0.2) is 22.9 Å². The predicted octanol–water partition coefficient (Wildman–Crippen LogP) is 1.50. The van der Waals surface area contributed by atoms with Crippen LogP contribution in [0.15, 0.2) is 36.5 Å². The van der Waals surface area contributed by atoms with Gasteiger partial charge in [-0.3, -0.25) is 5.32 Å². The van der Waals surface area contributed by atoms with Crippen LogP contribution in [0.25, 0.3) is 5.69 Å². The Morgan fingerprint density at radius 1 is 1.39 bits per heavy atom. The van der Waals surface area contributed by atoms with Gasteiger partial charge in [0, 0.05) is 7.05 Å². The molecule has 0 radical (unpaired) electrons. The summed E-state index contributed by atoms with van der Waals surface area (Å²) in [6.07, 6.45) is 1.41. The molecule has 0 spiro atoms. The highest BCUT2D eigenvalue weighted by atomic mass is 16.2. The number of amides is 2. The first-order valence-electron chi connectivity index (χ1n) is 5.28. The second-order valence-corrected chi connectivity index (χ2v) is 3.47. The molecule has 2 amide bonds. The summed E-state index contributed by atoms with van der Waals surface area (Å²) >= 11 is 0. The molecule has 0 fully saturated rings. The first-order chi connectivity index (χ1) is 8.76. The van der Waals surface area contributed by atoms with Crippen molar-refractivity contribution in [2.75, 3.05) is 12.4 Å². The molecular weight excluding hydrogens is 230 g/mol. The lowest BCUT2D eigenvalue weighted by Crippen LogP contribution is -2.26. The van der Waals surface area contributed by atoms with Gasteiger partial charge in [-0.2, -0.15) is 10.4 Å². The van der Waals surface area contributed by atoms with Crippen molar-refractivity contribution in [2.45, 2.75) is 0 Å². The quantitative estimate of drug-likeness (QED) is 0.835. The maximum absolute atomic E-state index is 11.4. The molecule has 0 atom stereocenters. The van der Waals surface area contributed by atoms with Crippen molar-refractivity contribution in [2.24, 2.45) is 0 Å². The van der Waals surface area contributed by atoms with Crippen LogP contribution in [0.3, 0.4) is 0 Å². The lowest BCUT2D eigenvalue weighted by atomic mass is 10.3. The number of urea groups is 1. The smallest absolute Gasteiger partial charge is 0.320 e. The molecule has 90 valence electrons. The second-order valence-electron chi connectivity index (χ2n) is 3.47. The zero-order valence-electron chi connectivity index (χ0n) is 9.71. The molecule has 0 aliphatic carbocycles. The topological polar surface area (TPSA) is 82.7 Å². The molecule has 0 aliphatic heterocycles. The van der Waals surface area contributed by atoms with Crippen LogP contribution in [0.5, 0.6) is 0 Å². The van der Waals surface area contributed by atoms with E-state index in [1.807, 2.05) is 36.4 Å². The Morgan fingerprint density at radius 2 is 2.11 bits per heavy atom. The number of hydrogen-bond acceptors (Lipinski definition) is 3. The van der Waals surface area contributed by atoms with E-state index in [9.17, 15) is 4.79 Å². The molecule has 0 saturated heterocycles. The van der Waals surface area contributed by atoms with Gasteiger partial charge in [-0.05, 0) is 12.1 Å². The second kappa shape index (κ2) is 5.01. The van der Waals surface area contributed by atoms with Crippen LogP contribution in [0.4, 0.5) is 10.6 Å². The van der Waals surface area contributed by atoms with Crippen LogP contribution < -0.4 is 10.6 Å². The van der Waals surface area contributed by atoms with Crippen molar-refractivity contribution in [1.29, 1.82) is 5.26 Å². The Kier molecular flexibility index (Phi) is 3.25. The summed E-state index contributed by atoms with van der Waals surface area (Å²) in [5.74, 6) is 0.350. The van der Waals surface area contributed by atoms with Crippen LogP contribution >= 0.6 is 0 Å². The minimum Gasteiger partial charge on any atom is -0.341 e. The van der Waals surface area contributed by atoms with Gasteiger partial charge in [-0.25, -0.2) is 9.48 Å². The maximum Gasteiger partial charge on any atom is 0.320 e. The van der Waals surface area contributed by atoms with E-state index in [-0.39, 0.29) is 0 Å². The fourth-order valence-corrected chi connectivity index (χ4v) is 1.49. The third-order valence-electron chi connectivity index (χ3n) is 2.35. The number of para-hydroxylation sites is 1. The summed E-state index contributed by atoms with van der Waals surface area (Å²) in [4.78, 5) is 11.4. The monoisotopic (exact) mass is 241 g/mol. The summed E-state index contributed by atoms with van der Waals surface area (Å²) < 4.78 is 1.51. The van der Waals surface area contributed by atoms with E-state index in [0.717, 1.165) is 5.69 Å². The van der Waals surface area contributed by atoms with Gasteiger partial charge in [0.05, 0.1) is 11.9 Å². The molecule has 0 aliphatic rings. The first-order valence-corrected chi connectivity index (χ1v) is 5.28. The zero-order chi connectivity index (χ0) is 13.0. The van der Waals surface area contributed by atoms with Gasteiger partial charge in [-0.15, -0.1) is 0 Å². The highest BCUT2D eigenvalue weighted by Crippen LogP contribution is 2.19. The summed E-state index contributed by atoms with van der Waals surface area (Å²) in [6, 6.07) is 10.9. The van der Waals surface area contributed by atoms with Crippen LogP contribution in [0.2, 0.25) is 0 Å². The van der Waals surface area contributed by atoms with E-state index in [2.05, 4.69) is 15.7 Å². The van der Waals surface area contributed by atoms with Crippen molar-refractivity contribution in [3.63, 3.8) is 0 Å². The number of nitrogens with one attached hydrogen (secondary N) is 2. The Bertz CT molecular complexity index is 597. The van der Waals surface area contributed by atoms with Crippen LogP contribution in [0, 0.1) is 11.3 Å². The number of hydrogen-bond donors (Lipinski definition) is 2. The molecule has 18 heavy (non-hydrogen) atoms. The van der Waals surface area contributed by atoms with E-state index < -0.39 is 6.03 Å². The Balaban J connectivity index is 2.46. The van der Waals surface area contributed by atoms with Crippen molar-refractivity contribution in [3.8, 4) is 11.8 Å². The Labute approximate surface area is 104 Å². The van der Waals surface area contributed by atoms with E-state index in [1.165, 1.54) is 17.9 Å². The number of nitriles is 1. The van der Waals surface area contributed by atoms with E-state index in [1.54, 1.807) is 0 Å². The number of carbonyl (C=O) groups excluding carboxylic acids is 1. The van der Waals surface area contributed by atoms with E-state index in [0.29, 0.717) is 11.4 Å². The van der Waals surface area contributed by atoms with Crippen molar-refractivity contribution in [3.05, 3.63) is 42.1 Å². The molecule has 1 aromatic carbocycles. The van der Waals surface area contributed by atoms with Gasteiger partial charge in [0.1, 0.15) is 11.6 Å². The fourth-order valence-electron chi connectivity index (χ4n) is 1.49. The van der Waals surface area contributed by atoms with Gasteiger partial charge in [0.2, 0.25) is 0 Å². The highest BCUT2D eigenvalue weighted by molar-refractivity contribution is 5.89. The van der Waals surface area contributed by atoms with Gasteiger partial charge in [0.25, 0.3) is 0 Å². The SMILES string of the molecule is CNC(=O)Nc1c(C#N)cnn1-c1ccccc1. The molecule has 0 saturated carbocycles. The number of nitrogens with zero attached hydrogens (tertiary/aromatic N) is 3. The molecule has 2 rings (SSSR count). The average molecular weight is 241 g/mol. The van der Waals surface area contributed by atoms with Crippen molar-refractivity contribution < 1.29 is 4.79 Å². The fraction of sp³-hybridized carbons (Fsp3) is 0.0833. The number of carbonyl (C=O) groups is 1. The molecule has 1 aromatic heterocycles. The normalized spacial score (nSPS) is 9.56. The zero-order valence-corrected chi connectivity index (χ0v) is 9.71. The molecule has 1 heterocycles. The van der Waals surface area contributed by atoms with Gasteiger partial charge in [0.15, 0.2) is 5.82 Å².